The third kappa shape index (κ3) is 4.05. The number of esters is 1. The summed E-state index contributed by atoms with van der Waals surface area (Å²) in [5.74, 6) is -0.0526. The molecule has 7 heteroatoms. The molecular formula is C21H22N2O4S. The van der Waals surface area contributed by atoms with Gasteiger partial charge in [0.2, 0.25) is 15.9 Å². The Bertz CT molecular complexity index is 1070. The summed E-state index contributed by atoms with van der Waals surface area (Å²) in [6.45, 7) is 4.23. The number of benzene rings is 2. The van der Waals surface area contributed by atoms with Crippen LogP contribution in [0.15, 0.2) is 64.1 Å². The van der Waals surface area contributed by atoms with E-state index >= 15 is 0 Å². The highest BCUT2D eigenvalue weighted by atomic mass is 32.2. The first kappa shape index (κ1) is 20.0. The molecule has 0 fully saturated rings. The maximum Gasteiger partial charge on any atom is 0.363 e. The van der Waals surface area contributed by atoms with Gasteiger partial charge in [-0.25, -0.2) is 22.5 Å². The molecule has 0 atom stereocenters. The monoisotopic (exact) mass is 398 g/mol. The molecule has 0 unspecified atom stereocenters. The lowest BCUT2D eigenvalue weighted by Gasteiger charge is -2.11. The van der Waals surface area contributed by atoms with Gasteiger partial charge in [0.1, 0.15) is 0 Å². The van der Waals surface area contributed by atoms with E-state index in [-0.39, 0.29) is 16.5 Å². The number of hydrogen-bond acceptors (Lipinski definition) is 5. The van der Waals surface area contributed by atoms with Crippen LogP contribution in [0.2, 0.25) is 0 Å². The minimum absolute atomic E-state index is 0.0888. The van der Waals surface area contributed by atoms with Gasteiger partial charge >= 0.3 is 5.97 Å². The average molecular weight is 398 g/mol. The molecule has 0 amide bonds. The molecule has 1 heterocycles. The Morgan fingerprint density at radius 2 is 1.75 bits per heavy atom. The van der Waals surface area contributed by atoms with Crippen molar-refractivity contribution in [3.63, 3.8) is 0 Å². The molecule has 0 N–H and O–H groups in total. The van der Waals surface area contributed by atoms with Crippen LogP contribution >= 0.6 is 0 Å². The van der Waals surface area contributed by atoms with Gasteiger partial charge in [0.25, 0.3) is 0 Å². The van der Waals surface area contributed by atoms with Crippen LogP contribution in [-0.2, 0) is 19.6 Å². The van der Waals surface area contributed by atoms with Crippen LogP contribution in [0.3, 0.4) is 0 Å². The summed E-state index contributed by atoms with van der Waals surface area (Å²) in [7, 11) is -0.675. The van der Waals surface area contributed by atoms with Crippen molar-refractivity contribution in [2.24, 2.45) is 4.99 Å². The molecule has 6 nitrogen and oxygen atoms in total. The van der Waals surface area contributed by atoms with Gasteiger partial charge in [0.15, 0.2) is 5.70 Å². The lowest BCUT2D eigenvalue weighted by molar-refractivity contribution is -0.129. The predicted octanol–water partition coefficient (Wildman–Crippen LogP) is 3.40. The number of rotatable bonds is 5. The molecule has 2 aromatic carbocycles. The summed E-state index contributed by atoms with van der Waals surface area (Å²) in [6, 6.07) is 14.1. The SMILES string of the molecule is CC(C)c1ccc(C=C2N=C(c3cccc(S(=O)(=O)N(C)C)c3)OC2=O)cc1. The summed E-state index contributed by atoms with van der Waals surface area (Å²) in [6.07, 6.45) is 1.65. The molecule has 146 valence electrons. The van der Waals surface area contributed by atoms with Crippen molar-refractivity contribution >= 4 is 28.0 Å². The van der Waals surface area contributed by atoms with Crippen molar-refractivity contribution in [3.05, 3.63) is 70.9 Å². The fourth-order valence-corrected chi connectivity index (χ4v) is 3.62. The van der Waals surface area contributed by atoms with Crippen molar-refractivity contribution in [1.29, 1.82) is 0 Å². The minimum atomic E-state index is -3.59. The van der Waals surface area contributed by atoms with Crippen LogP contribution < -0.4 is 0 Å². The Kier molecular flexibility index (Phi) is 5.49. The van der Waals surface area contributed by atoms with Crippen LogP contribution in [-0.4, -0.2) is 38.7 Å². The van der Waals surface area contributed by atoms with E-state index in [4.69, 9.17) is 4.74 Å². The van der Waals surface area contributed by atoms with Crippen molar-refractivity contribution in [1.82, 2.24) is 4.31 Å². The van der Waals surface area contributed by atoms with E-state index < -0.39 is 16.0 Å². The molecular weight excluding hydrogens is 376 g/mol. The highest BCUT2D eigenvalue weighted by Crippen LogP contribution is 2.22. The third-order valence-corrected chi connectivity index (χ3v) is 6.20. The van der Waals surface area contributed by atoms with Gasteiger partial charge in [-0.1, -0.05) is 44.2 Å². The minimum Gasteiger partial charge on any atom is -0.402 e. The Hall–Kier alpha value is -2.77. The molecule has 1 aliphatic heterocycles. The first-order valence-electron chi connectivity index (χ1n) is 8.84. The van der Waals surface area contributed by atoms with Crippen molar-refractivity contribution < 1.29 is 17.9 Å². The molecule has 28 heavy (non-hydrogen) atoms. The summed E-state index contributed by atoms with van der Waals surface area (Å²) < 4.78 is 31.0. The number of nitrogens with zero attached hydrogens (tertiary/aromatic N) is 2. The number of ether oxygens (including phenoxy) is 1. The fraction of sp³-hybridized carbons (Fsp3) is 0.238. The van der Waals surface area contributed by atoms with Crippen molar-refractivity contribution in [2.75, 3.05) is 14.1 Å². The van der Waals surface area contributed by atoms with Gasteiger partial charge in [-0.3, -0.25) is 0 Å². The summed E-state index contributed by atoms with van der Waals surface area (Å²) in [5, 5.41) is 0. The molecule has 0 saturated carbocycles. The quantitative estimate of drug-likeness (QED) is 0.571. The van der Waals surface area contributed by atoms with Crippen LogP contribution in [0.5, 0.6) is 0 Å². The number of aliphatic imine (C=N–C) groups is 1. The van der Waals surface area contributed by atoms with Gasteiger partial charge in [-0.15, -0.1) is 0 Å². The highest BCUT2D eigenvalue weighted by molar-refractivity contribution is 7.89. The van der Waals surface area contributed by atoms with Gasteiger partial charge in [0.05, 0.1) is 4.90 Å². The molecule has 0 aliphatic carbocycles. The lowest BCUT2D eigenvalue weighted by Crippen LogP contribution is -2.22. The Morgan fingerprint density at radius 3 is 2.36 bits per heavy atom. The second-order valence-corrected chi connectivity index (χ2v) is 9.12. The van der Waals surface area contributed by atoms with Gasteiger partial charge in [-0.05, 0) is 41.3 Å². The second kappa shape index (κ2) is 7.69. The van der Waals surface area contributed by atoms with Crippen molar-refractivity contribution in [2.45, 2.75) is 24.7 Å². The number of carbonyl (C=O) groups excluding carboxylic acids is 1. The highest BCUT2D eigenvalue weighted by Gasteiger charge is 2.26. The average Bonchev–Trinajstić information content (AvgIpc) is 3.02. The standard InChI is InChI=1S/C21H22N2O4S/c1-14(2)16-10-8-15(9-11-16)12-19-21(24)27-20(22-19)17-6-5-7-18(13-17)28(25,26)23(3)4/h5-14H,1-4H3. The Morgan fingerprint density at radius 1 is 1.07 bits per heavy atom. The van der Waals surface area contributed by atoms with Crippen molar-refractivity contribution in [3.8, 4) is 0 Å². The van der Waals surface area contributed by atoms with E-state index in [2.05, 4.69) is 18.8 Å². The molecule has 0 radical (unpaired) electrons. The summed E-state index contributed by atoms with van der Waals surface area (Å²) in [4.78, 5) is 16.6. The molecule has 0 spiro atoms. The molecule has 2 aromatic rings. The van der Waals surface area contributed by atoms with Gasteiger partial charge < -0.3 is 4.74 Å². The zero-order chi connectivity index (χ0) is 20.5. The number of cyclic esters (lactones) is 1. The van der Waals surface area contributed by atoms with Gasteiger partial charge in [-0.2, -0.15) is 0 Å². The number of carbonyl (C=O) groups is 1. The maximum absolute atomic E-state index is 12.3. The van der Waals surface area contributed by atoms with Gasteiger partial charge in [0, 0.05) is 19.7 Å². The van der Waals surface area contributed by atoms with Crippen LogP contribution in [0.4, 0.5) is 0 Å². The molecule has 0 aromatic heterocycles. The number of hydrogen-bond donors (Lipinski definition) is 0. The maximum atomic E-state index is 12.3. The molecule has 3 rings (SSSR count). The molecule has 0 saturated heterocycles. The lowest BCUT2D eigenvalue weighted by atomic mass is 10.0. The van der Waals surface area contributed by atoms with E-state index in [1.165, 1.54) is 31.8 Å². The topological polar surface area (TPSA) is 76.0 Å². The first-order valence-corrected chi connectivity index (χ1v) is 10.3. The van der Waals surface area contributed by atoms with E-state index in [0.29, 0.717) is 11.5 Å². The molecule has 1 aliphatic rings. The summed E-state index contributed by atoms with van der Waals surface area (Å²) in [5.41, 5.74) is 2.65. The van der Waals surface area contributed by atoms with E-state index in [0.717, 1.165) is 9.87 Å². The first-order chi connectivity index (χ1) is 13.2. The van der Waals surface area contributed by atoms with Crippen LogP contribution in [0, 0.1) is 0 Å². The Labute approximate surface area is 165 Å². The van der Waals surface area contributed by atoms with E-state index in [1.54, 1.807) is 18.2 Å². The molecule has 0 bridgehead atoms. The fourth-order valence-electron chi connectivity index (χ4n) is 2.67. The van der Waals surface area contributed by atoms with Crippen LogP contribution in [0.25, 0.3) is 6.08 Å². The van der Waals surface area contributed by atoms with E-state index in [1.807, 2.05) is 24.3 Å². The number of sulfonamides is 1. The van der Waals surface area contributed by atoms with Crippen LogP contribution in [0.1, 0.15) is 36.5 Å². The second-order valence-electron chi connectivity index (χ2n) is 6.97. The van der Waals surface area contributed by atoms with E-state index in [9.17, 15) is 13.2 Å². The summed E-state index contributed by atoms with van der Waals surface area (Å²) >= 11 is 0. The normalized spacial score (nSPS) is 16.0. The zero-order valence-corrected chi connectivity index (χ0v) is 17.0. The smallest absolute Gasteiger partial charge is 0.363 e. The predicted molar refractivity (Wildman–Crippen MR) is 108 cm³/mol. The third-order valence-electron chi connectivity index (χ3n) is 4.39. The zero-order valence-electron chi connectivity index (χ0n) is 16.2. The largest absolute Gasteiger partial charge is 0.402 e. The Balaban J connectivity index is 1.92.